The maximum Gasteiger partial charge on any atom is 0.171 e. The Labute approximate surface area is 161 Å². The number of benzene rings is 2. The van der Waals surface area contributed by atoms with Crippen LogP contribution in [-0.4, -0.2) is 10.1 Å². The van der Waals surface area contributed by atoms with Gasteiger partial charge in [-0.2, -0.15) is 0 Å². The van der Waals surface area contributed by atoms with Crippen LogP contribution in [0.2, 0.25) is 0 Å². The van der Waals surface area contributed by atoms with Crippen LogP contribution in [0.15, 0.2) is 46.9 Å². The number of halogens is 1. The molecule has 25 heavy (non-hydrogen) atoms. The van der Waals surface area contributed by atoms with Gasteiger partial charge in [0, 0.05) is 33.3 Å². The summed E-state index contributed by atoms with van der Waals surface area (Å²) in [6.45, 7) is 0.718. The number of nitrogens with one attached hydrogen (secondary N) is 3. The van der Waals surface area contributed by atoms with Crippen LogP contribution in [0.4, 0.5) is 5.69 Å². The highest BCUT2D eigenvalue weighted by Gasteiger charge is 2.15. The summed E-state index contributed by atoms with van der Waals surface area (Å²) in [7, 11) is 0. The van der Waals surface area contributed by atoms with Crippen molar-refractivity contribution < 1.29 is 0 Å². The fourth-order valence-corrected chi connectivity index (χ4v) is 4.08. The van der Waals surface area contributed by atoms with Crippen LogP contribution in [0.5, 0.6) is 0 Å². The Morgan fingerprint density at radius 2 is 2.00 bits per heavy atom. The van der Waals surface area contributed by atoms with Gasteiger partial charge in [-0.1, -0.05) is 28.1 Å². The SMILES string of the molecule is S=C(NCc1ccc2[nH]c3c(c2c1)CCCC3)Nc1cccc(Br)c1. The zero-order chi connectivity index (χ0) is 17.2. The lowest BCUT2D eigenvalue weighted by atomic mass is 9.95. The molecule has 0 fully saturated rings. The molecule has 0 amide bonds. The first-order chi connectivity index (χ1) is 12.2. The molecule has 0 bridgehead atoms. The zero-order valence-electron chi connectivity index (χ0n) is 13.9. The predicted molar refractivity (Wildman–Crippen MR) is 112 cm³/mol. The van der Waals surface area contributed by atoms with Crippen molar-refractivity contribution in [1.82, 2.24) is 10.3 Å². The number of fused-ring (bicyclic) bond motifs is 3. The zero-order valence-corrected chi connectivity index (χ0v) is 16.3. The quantitative estimate of drug-likeness (QED) is 0.510. The first kappa shape index (κ1) is 16.6. The van der Waals surface area contributed by atoms with Crippen molar-refractivity contribution in [1.29, 1.82) is 0 Å². The molecular weight excluding hydrogens is 394 g/mol. The topological polar surface area (TPSA) is 39.9 Å². The molecule has 0 aliphatic heterocycles. The molecule has 1 heterocycles. The molecule has 3 N–H and O–H groups in total. The Morgan fingerprint density at radius 3 is 2.88 bits per heavy atom. The van der Waals surface area contributed by atoms with Gasteiger partial charge >= 0.3 is 0 Å². The van der Waals surface area contributed by atoms with E-state index < -0.39 is 0 Å². The van der Waals surface area contributed by atoms with Crippen molar-refractivity contribution in [2.45, 2.75) is 32.2 Å². The molecule has 3 nitrogen and oxygen atoms in total. The van der Waals surface area contributed by atoms with Gasteiger partial charge in [0.1, 0.15) is 0 Å². The third kappa shape index (κ3) is 3.72. The summed E-state index contributed by atoms with van der Waals surface area (Å²) in [4.78, 5) is 3.58. The van der Waals surface area contributed by atoms with Crippen LogP contribution in [-0.2, 0) is 19.4 Å². The van der Waals surface area contributed by atoms with E-state index in [0.29, 0.717) is 5.11 Å². The Kier molecular flexibility index (Phi) is 4.77. The van der Waals surface area contributed by atoms with Crippen molar-refractivity contribution in [3.05, 3.63) is 63.8 Å². The standard InChI is InChI=1S/C20H20BrN3S/c21-14-4-3-5-15(11-14)23-20(25)22-12-13-8-9-19-17(10-13)16-6-1-2-7-18(16)24-19/h3-5,8-11,24H,1-2,6-7,12H2,(H2,22,23,25). The molecule has 4 rings (SSSR count). The van der Waals surface area contributed by atoms with E-state index in [1.807, 2.05) is 24.3 Å². The van der Waals surface area contributed by atoms with Gasteiger partial charge in [-0.05, 0) is 79.4 Å². The van der Waals surface area contributed by atoms with Crippen LogP contribution >= 0.6 is 28.1 Å². The van der Waals surface area contributed by atoms with Gasteiger partial charge in [-0.3, -0.25) is 0 Å². The number of aromatic amines is 1. The molecule has 0 radical (unpaired) electrons. The van der Waals surface area contributed by atoms with Gasteiger partial charge in [-0.25, -0.2) is 0 Å². The second-order valence-electron chi connectivity index (χ2n) is 6.49. The smallest absolute Gasteiger partial charge is 0.171 e. The maximum absolute atomic E-state index is 5.41. The second kappa shape index (κ2) is 7.18. The van der Waals surface area contributed by atoms with Gasteiger partial charge in [0.25, 0.3) is 0 Å². The van der Waals surface area contributed by atoms with Crippen LogP contribution in [0.3, 0.4) is 0 Å². The van der Waals surface area contributed by atoms with E-state index in [1.165, 1.54) is 53.4 Å². The van der Waals surface area contributed by atoms with Gasteiger partial charge < -0.3 is 15.6 Å². The third-order valence-corrected chi connectivity index (χ3v) is 5.44. The predicted octanol–water partition coefficient (Wildman–Crippen LogP) is 5.30. The first-order valence-corrected chi connectivity index (χ1v) is 9.82. The highest BCUT2D eigenvalue weighted by molar-refractivity contribution is 9.10. The highest BCUT2D eigenvalue weighted by atomic mass is 79.9. The van der Waals surface area contributed by atoms with E-state index in [1.54, 1.807) is 0 Å². The summed E-state index contributed by atoms with van der Waals surface area (Å²) in [5.74, 6) is 0. The molecule has 1 aromatic heterocycles. The minimum Gasteiger partial charge on any atom is -0.358 e. The number of hydrogen-bond donors (Lipinski definition) is 3. The molecular formula is C20H20BrN3S. The van der Waals surface area contributed by atoms with Crippen molar-refractivity contribution in [3.8, 4) is 0 Å². The monoisotopic (exact) mass is 413 g/mol. The minimum atomic E-state index is 0.634. The van der Waals surface area contributed by atoms with E-state index in [9.17, 15) is 0 Å². The molecule has 1 aliphatic carbocycles. The Morgan fingerprint density at radius 1 is 1.12 bits per heavy atom. The van der Waals surface area contributed by atoms with E-state index >= 15 is 0 Å². The summed E-state index contributed by atoms with van der Waals surface area (Å²) in [5.41, 5.74) is 6.42. The van der Waals surface area contributed by atoms with Crippen molar-refractivity contribution >= 4 is 49.9 Å². The molecule has 0 saturated carbocycles. The summed E-state index contributed by atoms with van der Waals surface area (Å²) in [6, 6.07) is 14.6. The molecule has 128 valence electrons. The molecule has 3 aromatic rings. The van der Waals surface area contributed by atoms with E-state index in [0.717, 1.165) is 16.7 Å². The number of aromatic nitrogens is 1. The van der Waals surface area contributed by atoms with Gasteiger partial charge in [0.2, 0.25) is 0 Å². The Hall–Kier alpha value is -1.85. The molecule has 5 heteroatoms. The van der Waals surface area contributed by atoms with Crippen molar-refractivity contribution in [2.75, 3.05) is 5.32 Å². The molecule has 0 saturated heterocycles. The Balaban J connectivity index is 1.44. The average Bonchev–Trinajstić information content (AvgIpc) is 2.98. The number of anilines is 1. The molecule has 2 aromatic carbocycles. The normalized spacial score (nSPS) is 13.5. The Bertz CT molecular complexity index is 932. The average molecular weight is 414 g/mol. The van der Waals surface area contributed by atoms with Crippen molar-refractivity contribution in [2.24, 2.45) is 0 Å². The number of hydrogen-bond acceptors (Lipinski definition) is 1. The fraction of sp³-hybridized carbons (Fsp3) is 0.250. The fourth-order valence-electron chi connectivity index (χ4n) is 3.49. The lowest BCUT2D eigenvalue weighted by Crippen LogP contribution is -2.27. The van der Waals surface area contributed by atoms with Crippen LogP contribution in [0.25, 0.3) is 10.9 Å². The largest absolute Gasteiger partial charge is 0.358 e. The van der Waals surface area contributed by atoms with E-state index in [-0.39, 0.29) is 0 Å². The van der Waals surface area contributed by atoms with E-state index in [4.69, 9.17) is 12.2 Å². The van der Waals surface area contributed by atoms with Crippen molar-refractivity contribution in [3.63, 3.8) is 0 Å². The highest BCUT2D eigenvalue weighted by Crippen LogP contribution is 2.29. The summed E-state index contributed by atoms with van der Waals surface area (Å²) < 4.78 is 1.03. The molecule has 1 aliphatic rings. The molecule has 0 unspecified atom stereocenters. The lowest BCUT2D eigenvalue weighted by Gasteiger charge is -2.12. The van der Waals surface area contributed by atoms with E-state index in [2.05, 4.69) is 49.7 Å². The van der Waals surface area contributed by atoms with Crippen LogP contribution in [0, 0.1) is 0 Å². The lowest BCUT2D eigenvalue weighted by molar-refractivity contribution is 0.680. The molecule has 0 spiro atoms. The second-order valence-corrected chi connectivity index (χ2v) is 7.81. The van der Waals surface area contributed by atoms with Gasteiger partial charge in [0.15, 0.2) is 5.11 Å². The minimum absolute atomic E-state index is 0.634. The number of H-pyrrole nitrogens is 1. The van der Waals surface area contributed by atoms with Gasteiger partial charge in [0.05, 0.1) is 0 Å². The summed E-state index contributed by atoms with van der Waals surface area (Å²) >= 11 is 8.88. The first-order valence-electron chi connectivity index (χ1n) is 8.62. The number of thiocarbonyl (C=S) groups is 1. The third-order valence-electron chi connectivity index (χ3n) is 4.70. The maximum atomic E-state index is 5.41. The van der Waals surface area contributed by atoms with Gasteiger partial charge in [-0.15, -0.1) is 0 Å². The summed E-state index contributed by atoms with van der Waals surface area (Å²) in [6.07, 6.45) is 4.96. The summed E-state index contributed by atoms with van der Waals surface area (Å²) in [5, 5.41) is 8.53. The number of aryl methyl sites for hydroxylation is 2. The molecule has 0 atom stereocenters. The van der Waals surface area contributed by atoms with Crippen LogP contribution in [0.1, 0.15) is 29.7 Å². The number of rotatable bonds is 3. The van der Waals surface area contributed by atoms with Crippen LogP contribution < -0.4 is 10.6 Å².